The summed E-state index contributed by atoms with van der Waals surface area (Å²) in [7, 11) is 0. The van der Waals surface area contributed by atoms with Crippen molar-refractivity contribution in [3.05, 3.63) is 65.4 Å². The molecule has 6 nitrogen and oxygen atoms in total. The number of carbonyl (C=O) groups excluding carboxylic acids is 1. The first-order valence-corrected chi connectivity index (χ1v) is 8.45. The Morgan fingerprint density at radius 2 is 1.68 bits per heavy atom. The monoisotopic (exact) mass is 397 g/mol. The second-order valence-corrected chi connectivity index (χ2v) is 6.95. The van der Waals surface area contributed by atoms with Crippen molar-refractivity contribution in [1.82, 2.24) is 15.3 Å². The number of hydrogen-bond acceptors (Lipinski definition) is 4. The Labute approximate surface area is 162 Å². The molecule has 0 spiro atoms. The molecular formula is C19H24F3N4O2-. The van der Waals surface area contributed by atoms with E-state index in [4.69, 9.17) is 5.73 Å². The summed E-state index contributed by atoms with van der Waals surface area (Å²) in [6, 6.07) is 6.73. The van der Waals surface area contributed by atoms with Crippen LogP contribution in [0.4, 0.5) is 13.2 Å². The summed E-state index contributed by atoms with van der Waals surface area (Å²) >= 11 is 0. The van der Waals surface area contributed by atoms with Gasteiger partial charge in [0.05, 0.1) is 12.8 Å². The minimum atomic E-state index is -4.33. The Morgan fingerprint density at radius 3 is 2.18 bits per heavy atom. The van der Waals surface area contributed by atoms with Gasteiger partial charge in [0.2, 0.25) is 0 Å². The quantitative estimate of drug-likeness (QED) is 0.786. The molecule has 154 valence electrons. The van der Waals surface area contributed by atoms with Crippen LogP contribution in [0.2, 0.25) is 0 Å². The van der Waals surface area contributed by atoms with E-state index in [1.165, 1.54) is 18.6 Å². The summed E-state index contributed by atoms with van der Waals surface area (Å²) < 4.78 is 40.5. The highest BCUT2D eigenvalue weighted by molar-refractivity contribution is 5.91. The molecule has 0 aliphatic carbocycles. The molecule has 0 atom stereocenters. The van der Waals surface area contributed by atoms with Crippen molar-refractivity contribution in [2.75, 3.05) is 6.61 Å². The molecule has 2 rings (SSSR count). The highest BCUT2D eigenvalue weighted by atomic mass is 19.4. The molecule has 2 N–H and O–H groups in total. The highest BCUT2D eigenvalue weighted by Crippen LogP contribution is 2.15. The summed E-state index contributed by atoms with van der Waals surface area (Å²) in [5, 5.41) is 2.68. The SMILES string of the molecule is CC(C)(C)[NH-].O=C(NCc1ccc(COCC(F)(F)F)cc1)c1cnccn1. The first-order valence-electron chi connectivity index (χ1n) is 8.45. The Hall–Kier alpha value is -2.52. The largest absolute Gasteiger partial charge is 0.673 e. The van der Waals surface area contributed by atoms with Gasteiger partial charge in [0.25, 0.3) is 5.91 Å². The van der Waals surface area contributed by atoms with Gasteiger partial charge in [-0.1, -0.05) is 45.0 Å². The van der Waals surface area contributed by atoms with Gasteiger partial charge in [-0.25, -0.2) is 4.98 Å². The molecule has 0 saturated carbocycles. The zero-order chi connectivity index (χ0) is 21.2. The minimum absolute atomic E-state index is 0.119. The lowest BCUT2D eigenvalue weighted by Crippen LogP contribution is -2.23. The first-order chi connectivity index (χ1) is 12.9. The van der Waals surface area contributed by atoms with Crippen molar-refractivity contribution in [3.63, 3.8) is 0 Å². The van der Waals surface area contributed by atoms with Crippen LogP contribution >= 0.6 is 0 Å². The van der Waals surface area contributed by atoms with Crippen molar-refractivity contribution in [2.45, 2.75) is 45.6 Å². The average Bonchev–Trinajstić information content (AvgIpc) is 2.59. The molecule has 0 aliphatic heterocycles. The standard InChI is InChI=1S/C15H14F3N3O2.C4H10N/c16-15(17,18)10-23-9-12-3-1-11(2-4-12)7-21-14(22)13-8-19-5-6-20-13;1-4(2,3)5/h1-6,8H,7,9-10H2,(H,21,22);5H,1-3H3/q;-1. The molecule has 1 amide bonds. The Kier molecular flexibility index (Phi) is 9.01. The van der Waals surface area contributed by atoms with E-state index in [0.29, 0.717) is 5.56 Å². The van der Waals surface area contributed by atoms with Gasteiger partial charge in [0, 0.05) is 18.9 Å². The minimum Gasteiger partial charge on any atom is -0.673 e. The van der Waals surface area contributed by atoms with E-state index in [0.717, 1.165) is 5.56 Å². The third-order valence-corrected chi connectivity index (χ3v) is 2.81. The molecular weight excluding hydrogens is 373 g/mol. The topological polar surface area (TPSA) is 87.9 Å². The fraction of sp³-hybridized carbons (Fsp3) is 0.421. The summed E-state index contributed by atoms with van der Waals surface area (Å²) in [4.78, 5) is 19.5. The van der Waals surface area contributed by atoms with Gasteiger partial charge in [0.15, 0.2) is 0 Å². The third-order valence-electron chi connectivity index (χ3n) is 2.81. The van der Waals surface area contributed by atoms with Crippen LogP contribution in [0.3, 0.4) is 0 Å². The van der Waals surface area contributed by atoms with E-state index in [-0.39, 0.29) is 30.3 Å². The van der Waals surface area contributed by atoms with E-state index in [1.54, 1.807) is 24.3 Å². The van der Waals surface area contributed by atoms with Crippen LogP contribution in [-0.2, 0) is 17.9 Å². The van der Waals surface area contributed by atoms with Gasteiger partial charge in [-0.2, -0.15) is 13.2 Å². The van der Waals surface area contributed by atoms with E-state index in [9.17, 15) is 18.0 Å². The Bertz CT molecular complexity index is 709. The molecule has 0 unspecified atom stereocenters. The average molecular weight is 397 g/mol. The Balaban J connectivity index is 0.000000696. The summed E-state index contributed by atoms with van der Waals surface area (Å²) in [6.45, 7) is 4.45. The van der Waals surface area contributed by atoms with Crippen molar-refractivity contribution >= 4 is 5.91 Å². The summed E-state index contributed by atoms with van der Waals surface area (Å²) in [5.41, 5.74) is 8.33. The second kappa shape index (κ2) is 10.7. The van der Waals surface area contributed by atoms with Crippen LogP contribution in [0.5, 0.6) is 0 Å². The molecule has 0 radical (unpaired) electrons. The molecule has 1 heterocycles. The van der Waals surface area contributed by atoms with Crippen molar-refractivity contribution in [1.29, 1.82) is 0 Å². The maximum atomic E-state index is 12.0. The number of carbonyl (C=O) groups is 1. The van der Waals surface area contributed by atoms with Crippen molar-refractivity contribution < 1.29 is 22.7 Å². The smallest absolute Gasteiger partial charge is 0.411 e. The fourth-order valence-corrected chi connectivity index (χ4v) is 1.73. The highest BCUT2D eigenvalue weighted by Gasteiger charge is 2.27. The predicted octanol–water partition coefficient (Wildman–Crippen LogP) is 4.32. The maximum Gasteiger partial charge on any atom is 0.411 e. The lowest BCUT2D eigenvalue weighted by molar-refractivity contribution is -0.176. The fourth-order valence-electron chi connectivity index (χ4n) is 1.73. The number of rotatable bonds is 6. The van der Waals surface area contributed by atoms with Crippen molar-refractivity contribution in [3.8, 4) is 0 Å². The van der Waals surface area contributed by atoms with E-state index >= 15 is 0 Å². The number of nitrogens with one attached hydrogen (secondary N) is 2. The molecule has 9 heteroatoms. The molecule has 1 aromatic heterocycles. The van der Waals surface area contributed by atoms with Crippen molar-refractivity contribution in [2.24, 2.45) is 0 Å². The predicted molar refractivity (Wildman–Crippen MR) is 99.4 cm³/mol. The van der Waals surface area contributed by atoms with Gasteiger partial charge in [-0.3, -0.25) is 9.78 Å². The zero-order valence-electron chi connectivity index (χ0n) is 16.0. The summed E-state index contributed by atoms with van der Waals surface area (Å²) in [5.74, 6) is -0.351. The van der Waals surface area contributed by atoms with Crippen LogP contribution in [0.15, 0.2) is 42.9 Å². The number of aromatic nitrogens is 2. The maximum absolute atomic E-state index is 12.0. The second-order valence-electron chi connectivity index (χ2n) is 6.95. The van der Waals surface area contributed by atoms with Gasteiger partial charge in [-0.15, -0.1) is 5.54 Å². The number of alkyl halides is 3. The van der Waals surface area contributed by atoms with Crippen LogP contribution < -0.4 is 5.32 Å². The number of nitrogens with zero attached hydrogens (tertiary/aromatic N) is 2. The molecule has 0 fully saturated rings. The normalized spacial score (nSPS) is 11.4. The lowest BCUT2D eigenvalue weighted by Gasteiger charge is -2.20. The first kappa shape index (κ1) is 23.5. The number of ether oxygens (including phenoxy) is 1. The van der Waals surface area contributed by atoms with E-state index < -0.39 is 12.8 Å². The number of halogens is 3. The van der Waals surface area contributed by atoms with Gasteiger partial charge in [0.1, 0.15) is 12.3 Å². The zero-order valence-corrected chi connectivity index (χ0v) is 16.0. The molecule has 1 aromatic carbocycles. The van der Waals surface area contributed by atoms with E-state index in [1.807, 2.05) is 20.8 Å². The van der Waals surface area contributed by atoms with Gasteiger partial charge < -0.3 is 15.8 Å². The number of hydrogen-bond donors (Lipinski definition) is 1. The summed E-state index contributed by atoms with van der Waals surface area (Å²) in [6.07, 6.45) is -0.0814. The third kappa shape index (κ3) is 12.0. The van der Waals surface area contributed by atoms with Gasteiger partial charge in [-0.05, 0) is 11.1 Å². The number of amides is 1. The molecule has 28 heavy (non-hydrogen) atoms. The van der Waals surface area contributed by atoms with Crippen LogP contribution in [-0.4, -0.2) is 34.2 Å². The molecule has 0 saturated heterocycles. The Morgan fingerprint density at radius 1 is 1.11 bits per heavy atom. The van der Waals surface area contributed by atoms with Gasteiger partial charge >= 0.3 is 6.18 Å². The van der Waals surface area contributed by atoms with Crippen LogP contribution in [0.1, 0.15) is 42.4 Å². The molecule has 0 aliphatic rings. The lowest BCUT2D eigenvalue weighted by atomic mass is 10.1. The number of benzene rings is 1. The van der Waals surface area contributed by atoms with Crippen LogP contribution in [0.25, 0.3) is 5.73 Å². The molecule has 2 aromatic rings. The molecule has 0 bridgehead atoms. The van der Waals surface area contributed by atoms with Crippen LogP contribution in [0, 0.1) is 0 Å². The van der Waals surface area contributed by atoms with E-state index in [2.05, 4.69) is 20.0 Å².